The number of amides is 2. The summed E-state index contributed by atoms with van der Waals surface area (Å²) in [5, 5.41) is 8.10. The summed E-state index contributed by atoms with van der Waals surface area (Å²) in [6.45, 7) is -0.0810. The fourth-order valence-electron chi connectivity index (χ4n) is 2.86. The Morgan fingerprint density at radius 1 is 1.27 bits per heavy atom. The van der Waals surface area contributed by atoms with Gasteiger partial charge < -0.3 is 9.64 Å². The van der Waals surface area contributed by atoms with Crippen LogP contribution >= 0.6 is 11.3 Å². The summed E-state index contributed by atoms with van der Waals surface area (Å²) in [5.74, 6) is -0.448. The quantitative estimate of drug-likeness (QED) is 0.784. The molecule has 0 spiro atoms. The van der Waals surface area contributed by atoms with Crippen LogP contribution in [-0.2, 0) is 14.3 Å². The zero-order valence-corrected chi connectivity index (χ0v) is 15.6. The van der Waals surface area contributed by atoms with Gasteiger partial charge in [-0.1, -0.05) is 36.4 Å². The average Bonchev–Trinajstić information content (AvgIpc) is 3.32. The summed E-state index contributed by atoms with van der Waals surface area (Å²) in [5.41, 5.74) is 1.93. The van der Waals surface area contributed by atoms with Crippen LogP contribution in [0.5, 0.6) is 0 Å². The van der Waals surface area contributed by atoms with Crippen molar-refractivity contribution in [3.8, 4) is 0 Å². The van der Waals surface area contributed by atoms with Gasteiger partial charge in [0.15, 0.2) is 0 Å². The van der Waals surface area contributed by atoms with Crippen molar-refractivity contribution in [2.75, 3.05) is 27.3 Å². The number of ether oxygens (including phenoxy) is 1. The summed E-state index contributed by atoms with van der Waals surface area (Å²) in [6.07, 6.45) is 0.659. The Morgan fingerprint density at radius 3 is 2.69 bits per heavy atom. The highest BCUT2D eigenvalue weighted by molar-refractivity contribution is 7.12. The Balaban J connectivity index is 1.82. The molecule has 0 N–H and O–H groups in total. The second kappa shape index (κ2) is 8.25. The van der Waals surface area contributed by atoms with Gasteiger partial charge in [0.05, 0.1) is 16.6 Å². The van der Waals surface area contributed by atoms with E-state index in [0.717, 1.165) is 16.2 Å². The van der Waals surface area contributed by atoms with E-state index in [1.54, 1.807) is 18.4 Å². The van der Waals surface area contributed by atoms with Crippen LogP contribution in [-0.4, -0.2) is 54.7 Å². The Hall–Kier alpha value is -2.51. The van der Waals surface area contributed by atoms with Crippen molar-refractivity contribution in [2.45, 2.75) is 12.5 Å². The van der Waals surface area contributed by atoms with Gasteiger partial charge in [0.1, 0.15) is 13.2 Å². The van der Waals surface area contributed by atoms with Gasteiger partial charge in [-0.3, -0.25) is 9.59 Å². The molecule has 0 aliphatic carbocycles. The lowest BCUT2D eigenvalue weighted by Gasteiger charge is -2.24. The molecular formula is C19H21N3O3S. The highest BCUT2D eigenvalue weighted by Crippen LogP contribution is 2.33. The lowest BCUT2D eigenvalue weighted by Crippen LogP contribution is -2.40. The molecule has 26 heavy (non-hydrogen) atoms. The van der Waals surface area contributed by atoms with Crippen LogP contribution in [0.15, 0.2) is 52.9 Å². The van der Waals surface area contributed by atoms with Crippen LogP contribution in [0.25, 0.3) is 0 Å². The highest BCUT2D eigenvalue weighted by atomic mass is 32.1. The van der Waals surface area contributed by atoms with Crippen molar-refractivity contribution in [3.63, 3.8) is 0 Å². The van der Waals surface area contributed by atoms with E-state index in [0.29, 0.717) is 6.42 Å². The minimum atomic E-state index is -0.237. The van der Waals surface area contributed by atoms with Crippen LogP contribution in [0.3, 0.4) is 0 Å². The first-order valence-electron chi connectivity index (χ1n) is 8.31. The summed E-state index contributed by atoms with van der Waals surface area (Å²) >= 11 is 1.61. The van der Waals surface area contributed by atoms with Crippen LogP contribution < -0.4 is 0 Å². The summed E-state index contributed by atoms with van der Waals surface area (Å²) < 4.78 is 4.85. The minimum absolute atomic E-state index is 0.0350. The molecular weight excluding hydrogens is 350 g/mol. The monoisotopic (exact) mass is 371 g/mol. The van der Waals surface area contributed by atoms with Gasteiger partial charge in [0, 0.05) is 20.6 Å². The number of methoxy groups -OCH3 is 1. The maximum Gasteiger partial charge on any atom is 0.262 e. The fourth-order valence-corrected chi connectivity index (χ4v) is 3.58. The second-order valence-corrected chi connectivity index (χ2v) is 7.02. The van der Waals surface area contributed by atoms with Crippen molar-refractivity contribution < 1.29 is 14.3 Å². The van der Waals surface area contributed by atoms with E-state index in [2.05, 4.69) is 5.10 Å². The molecule has 1 unspecified atom stereocenters. The van der Waals surface area contributed by atoms with Crippen LogP contribution in [0.1, 0.15) is 22.9 Å². The van der Waals surface area contributed by atoms with Crippen LogP contribution in [0.2, 0.25) is 0 Å². The van der Waals surface area contributed by atoms with Crippen molar-refractivity contribution in [1.29, 1.82) is 0 Å². The van der Waals surface area contributed by atoms with Gasteiger partial charge in [-0.25, -0.2) is 5.01 Å². The first-order valence-corrected chi connectivity index (χ1v) is 9.19. The van der Waals surface area contributed by atoms with Crippen molar-refractivity contribution in [2.24, 2.45) is 5.10 Å². The molecule has 3 rings (SSSR count). The van der Waals surface area contributed by atoms with Gasteiger partial charge in [-0.2, -0.15) is 5.10 Å². The van der Waals surface area contributed by atoms with Crippen molar-refractivity contribution >= 4 is 28.9 Å². The zero-order chi connectivity index (χ0) is 18.5. The van der Waals surface area contributed by atoms with E-state index < -0.39 is 0 Å². The van der Waals surface area contributed by atoms with Crippen molar-refractivity contribution in [1.82, 2.24) is 9.91 Å². The number of rotatable bonds is 6. The second-order valence-electron chi connectivity index (χ2n) is 6.08. The number of thiophene rings is 1. The predicted molar refractivity (Wildman–Crippen MR) is 101 cm³/mol. The van der Waals surface area contributed by atoms with Gasteiger partial charge in [-0.05, 0) is 17.0 Å². The molecule has 136 valence electrons. The SMILES string of the molecule is COCC(=O)N(C)CC(=O)N1N=C(c2cccs2)CC1c1ccccc1. The summed E-state index contributed by atoms with van der Waals surface area (Å²) in [4.78, 5) is 27.2. The molecule has 0 radical (unpaired) electrons. The van der Waals surface area contributed by atoms with E-state index in [9.17, 15) is 9.59 Å². The van der Waals surface area contributed by atoms with Crippen LogP contribution in [0, 0.1) is 0 Å². The normalized spacial score (nSPS) is 16.5. The van der Waals surface area contributed by atoms with Gasteiger partial charge in [-0.15, -0.1) is 11.3 Å². The number of hydrazone groups is 1. The third-order valence-corrected chi connectivity index (χ3v) is 5.14. The van der Waals surface area contributed by atoms with E-state index >= 15 is 0 Å². The van der Waals surface area contributed by atoms with Gasteiger partial charge >= 0.3 is 0 Å². The molecule has 2 aromatic rings. The number of hydrogen-bond donors (Lipinski definition) is 0. The van der Waals surface area contributed by atoms with Crippen molar-refractivity contribution in [3.05, 3.63) is 58.3 Å². The Labute approximate surface area is 156 Å². The minimum Gasteiger partial charge on any atom is -0.375 e. The molecule has 2 heterocycles. The first kappa shape index (κ1) is 18.3. The molecule has 0 fully saturated rings. The Bertz CT molecular complexity index is 790. The summed E-state index contributed by atoms with van der Waals surface area (Å²) in [6, 6.07) is 13.7. The standard InChI is InChI=1S/C19H21N3O3S/c1-21(19(24)13-25-2)12-18(23)22-16(14-7-4-3-5-8-14)11-15(20-22)17-9-6-10-26-17/h3-10,16H,11-13H2,1-2H3. The van der Waals surface area contributed by atoms with E-state index in [1.807, 2.05) is 47.8 Å². The Kier molecular flexibility index (Phi) is 5.80. The highest BCUT2D eigenvalue weighted by Gasteiger charge is 2.34. The molecule has 1 aromatic carbocycles. The maximum atomic E-state index is 12.9. The molecule has 1 aliphatic heterocycles. The number of carbonyl (C=O) groups is 2. The molecule has 1 aliphatic rings. The first-order chi connectivity index (χ1) is 12.6. The number of likely N-dealkylation sites (N-methyl/N-ethyl adjacent to an activating group) is 1. The molecule has 7 heteroatoms. The zero-order valence-electron chi connectivity index (χ0n) is 14.8. The average molecular weight is 371 g/mol. The topological polar surface area (TPSA) is 62.2 Å². The molecule has 1 aromatic heterocycles. The van der Waals surface area contributed by atoms with E-state index in [4.69, 9.17) is 4.74 Å². The summed E-state index contributed by atoms with van der Waals surface area (Å²) in [7, 11) is 3.05. The smallest absolute Gasteiger partial charge is 0.262 e. The molecule has 2 amide bonds. The number of benzene rings is 1. The lowest BCUT2D eigenvalue weighted by molar-refractivity contribution is -0.142. The molecule has 0 saturated heterocycles. The number of carbonyl (C=O) groups excluding carboxylic acids is 2. The van der Waals surface area contributed by atoms with Gasteiger partial charge in [0.25, 0.3) is 5.91 Å². The molecule has 0 saturated carbocycles. The van der Waals surface area contributed by atoms with Crippen LogP contribution in [0.4, 0.5) is 0 Å². The number of nitrogens with zero attached hydrogens (tertiary/aromatic N) is 3. The lowest BCUT2D eigenvalue weighted by atomic mass is 10.0. The largest absolute Gasteiger partial charge is 0.375 e. The number of hydrogen-bond acceptors (Lipinski definition) is 5. The predicted octanol–water partition coefficient (Wildman–Crippen LogP) is 2.53. The van der Waals surface area contributed by atoms with Gasteiger partial charge in [0.2, 0.25) is 5.91 Å². The Morgan fingerprint density at radius 2 is 2.04 bits per heavy atom. The van der Waals surface area contributed by atoms with E-state index in [1.165, 1.54) is 17.0 Å². The van der Waals surface area contributed by atoms with E-state index in [-0.39, 0.29) is 31.0 Å². The molecule has 0 bridgehead atoms. The molecule has 1 atom stereocenters. The molecule has 6 nitrogen and oxygen atoms in total. The third kappa shape index (κ3) is 4.00. The third-order valence-electron chi connectivity index (χ3n) is 4.22. The fraction of sp³-hybridized carbons (Fsp3) is 0.316. The maximum absolute atomic E-state index is 12.9.